The molecule has 3 N–H and O–H groups in total. The molecule has 122 valence electrons. The van der Waals surface area contributed by atoms with Crippen molar-refractivity contribution in [2.24, 2.45) is 11.1 Å². The lowest BCUT2D eigenvalue weighted by atomic mass is 9.54. The number of nitrogens with two attached hydrogens (primary N) is 1. The van der Waals surface area contributed by atoms with Gasteiger partial charge in [0.2, 0.25) is 5.91 Å². The Labute approximate surface area is 132 Å². The molecule has 0 aromatic rings. The van der Waals surface area contributed by atoms with Gasteiger partial charge >= 0.3 is 0 Å². The molecule has 2 unspecified atom stereocenters. The molecule has 21 heavy (non-hydrogen) atoms. The minimum Gasteiger partial charge on any atom is -0.378 e. The first-order chi connectivity index (χ1) is 9.85. The van der Waals surface area contributed by atoms with E-state index in [1.54, 1.807) is 0 Å². The number of carbonyl (C=O) groups excluding carboxylic acids is 1. The highest BCUT2D eigenvalue weighted by molar-refractivity contribution is 7.99. The number of ether oxygens (including phenoxy) is 1. The van der Waals surface area contributed by atoms with E-state index in [1.807, 2.05) is 32.5 Å². The molecule has 0 heterocycles. The molecule has 2 aliphatic carbocycles. The molecule has 5 heteroatoms. The molecule has 2 rings (SSSR count). The third-order valence-electron chi connectivity index (χ3n) is 5.58. The largest absolute Gasteiger partial charge is 0.378 e. The summed E-state index contributed by atoms with van der Waals surface area (Å²) in [7, 11) is 0. The number of hydrogen-bond acceptors (Lipinski definition) is 4. The van der Waals surface area contributed by atoms with Crippen molar-refractivity contribution < 1.29 is 9.53 Å². The third-order valence-corrected chi connectivity index (χ3v) is 6.72. The van der Waals surface area contributed by atoms with Crippen LogP contribution in [-0.2, 0) is 9.53 Å². The van der Waals surface area contributed by atoms with E-state index in [4.69, 9.17) is 10.5 Å². The van der Waals surface area contributed by atoms with Crippen LogP contribution in [0.5, 0.6) is 0 Å². The second kappa shape index (κ2) is 6.47. The number of amides is 1. The Balaban J connectivity index is 1.89. The number of carbonyl (C=O) groups is 1. The summed E-state index contributed by atoms with van der Waals surface area (Å²) in [6.07, 6.45) is 7.41. The standard InChI is InChI=1S/C16H30N2O2S/c1-5-20-13-10-16(17,15(13,2)3)14(19)18-11-6-8-12(21-4)9-7-11/h11-13H,5-10,17H2,1-4H3,(H,18,19). The zero-order valence-corrected chi connectivity index (χ0v) is 14.6. The van der Waals surface area contributed by atoms with Crippen molar-refractivity contribution >= 4 is 17.7 Å². The molecule has 0 radical (unpaired) electrons. The van der Waals surface area contributed by atoms with E-state index in [1.165, 1.54) is 12.8 Å². The van der Waals surface area contributed by atoms with Crippen molar-refractivity contribution in [2.45, 2.75) is 75.8 Å². The first kappa shape index (κ1) is 17.1. The quantitative estimate of drug-likeness (QED) is 0.817. The van der Waals surface area contributed by atoms with Crippen LogP contribution in [0.2, 0.25) is 0 Å². The van der Waals surface area contributed by atoms with Crippen LogP contribution in [0, 0.1) is 5.41 Å². The zero-order valence-electron chi connectivity index (χ0n) is 13.8. The lowest BCUT2D eigenvalue weighted by Gasteiger charge is -2.57. The van der Waals surface area contributed by atoms with Gasteiger partial charge in [0.25, 0.3) is 0 Å². The van der Waals surface area contributed by atoms with Crippen LogP contribution in [0.3, 0.4) is 0 Å². The van der Waals surface area contributed by atoms with E-state index in [-0.39, 0.29) is 17.4 Å². The van der Waals surface area contributed by atoms with E-state index in [0.29, 0.717) is 19.1 Å². The fraction of sp³-hybridized carbons (Fsp3) is 0.938. The first-order valence-electron chi connectivity index (χ1n) is 8.09. The van der Waals surface area contributed by atoms with Gasteiger partial charge in [0.05, 0.1) is 6.10 Å². The molecule has 0 aromatic heterocycles. The maximum absolute atomic E-state index is 12.6. The fourth-order valence-corrected chi connectivity index (χ4v) is 4.32. The average Bonchev–Trinajstić information content (AvgIpc) is 2.47. The summed E-state index contributed by atoms with van der Waals surface area (Å²) in [6.45, 7) is 6.74. The lowest BCUT2D eigenvalue weighted by molar-refractivity contribution is -0.171. The van der Waals surface area contributed by atoms with Crippen LogP contribution < -0.4 is 11.1 Å². The van der Waals surface area contributed by atoms with Gasteiger partial charge in [-0.05, 0) is 38.9 Å². The Morgan fingerprint density at radius 3 is 2.43 bits per heavy atom. The maximum Gasteiger partial charge on any atom is 0.241 e. The van der Waals surface area contributed by atoms with Gasteiger partial charge in [0.15, 0.2) is 0 Å². The van der Waals surface area contributed by atoms with Crippen LogP contribution in [0.15, 0.2) is 0 Å². The minimum absolute atomic E-state index is 0.0102. The molecule has 2 fully saturated rings. The van der Waals surface area contributed by atoms with Gasteiger partial charge < -0.3 is 15.8 Å². The first-order valence-corrected chi connectivity index (χ1v) is 9.38. The lowest BCUT2D eigenvalue weighted by Crippen LogP contribution is -2.76. The molecule has 0 aromatic carbocycles. The summed E-state index contributed by atoms with van der Waals surface area (Å²) in [5.41, 5.74) is 5.33. The second-order valence-electron chi connectivity index (χ2n) is 7.02. The van der Waals surface area contributed by atoms with Crippen LogP contribution in [-0.4, -0.2) is 41.7 Å². The molecule has 4 nitrogen and oxygen atoms in total. The molecule has 0 aliphatic heterocycles. The summed E-state index contributed by atoms with van der Waals surface area (Å²) < 4.78 is 5.69. The highest BCUT2D eigenvalue weighted by atomic mass is 32.2. The monoisotopic (exact) mass is 314 g/mol. The molecule has 2 saturated carbocycles. The normalized spacial score (nSPS) is 38.6. The van der Waals surface area contributed by atoms with Crippen molar-refractivity contribution in [3.63, 3.8) is 0 Å². The minimum atomic E-state index is -0.789. The second-order valence-corrected chi connectivity index (χ2v) is 8.16. The Morgan fingerprint density at radius 2 is 1.95 bits per heavy atom. The summed E-state index contributed by atoms with van der Waals surface area (Å²) in [4.78, 5) is 12.6. The van der Waals surface area contributed by atoms with E-state index in [0.717, 1.165) is 18.1 Å². The van der Waals surface area contributed by atoms with Crippen molar-refractivity contribution in [1.82, 2.24) is 5.32 Å². The van der Waals surface area contributed by atoms with Gasteiger partial charge in [-0.1, -0.05) is 13.8 Å². The van der Waals surface area contributed by atoms with Gasteiger partial charge in [-0.3, -0.25) is 4.79 Å². The Kier molecular flexibility index (Phi) is 5.27. The van der Waals surface area contributed by atoms with Crippen molar-refractivity contribution in [3.05, 3.63) is 0 Å². The summed E-state index contributed by atoms with van der Waals surface area (Å²) >= 11 is 1.94. The highest BCUT2D eigenvalue weighted by Crippen LogP contribution is 2.50. The summed E-state index contributed by atoms with van der Waals surface area (Å²) in [5.74, 6) is 0.0102. The Hall–Kier alpha value is -0.260. The molecule has 0 spiro atoms. The predicted octanol–water partition coefficient (Wildman–Crippen LogP) is 2.31. The zero-order chi connectivity index (χ0) is 15.7. The topological polar surface area (TPSA) is 64.3 Å². The smallest absolute Gasteiger partial charge is 0.241 e. The maximum atomic E-state index is 12.6. The molecule has 2 atom stereocenters. The van der Waals surface area contributed by atoms with Crippen molar-refractivity contribution in [2.75, 3.05) is 12.9 Å². The van der Waals surface area contributed by atoms with E-state index in [2.05, 4.69) is 11.6 Å². The van der Waals surface area contributed by atoms with Gasteiger partial charge in [-0.15, -0.1) is 0 Å². The predicted molar refractivity (Wildman–Crippen MR) is 88.4 cm³/mol. The molecular weight excluding hydrogens is 284 g/mol. The number of rotatable bonds is 5. The summed E-state index contributed by atoms with van der Waals surface area (Å²) in [5, 5.41) is 3.95. The van der Waals surface area contributed by atoms with E-state index in [9.17, 15) is 4.79 Å². The fourth-order valence-electron chi connectivity index (χ4n) is 3.58. The van der Waals surface area contributed by atoms with Gasteiger partial charge in [0, 0.05) is 29.7 Å². The molecule has 0 saturated heterocycles. The summed E-state index contributed by atoms with van der Waals surface area (Å²) in [6, 6.07) is 0.295. The van der Waals surface area contributed by atoms with E-state index < -0.39 is 5.54 Å². The molecule has 2 aliphatic rings. The number of thioether (sulfide) groups is 1. The van der Waals surface area contributed by atoms with Gasteiger partial charge in [0.1, 0.15) is 5.54 Å². The number of hydrogen-bond donors (Lipinski definition) is 2. The molecule has 0 bridgehead atoms. The van der Waals surface area contributed by atoms with E-state index >= 15 is 0 Å². The van der Waals surface area contributed by atoms with Crippen LogP contribution in [0.1, 0.15) is 52.9 Å². The third kappa shape index (κ3) is 3.10. The van der Waals surface area contributed by atoms with Crippen LogP contribution in [0.4, 0.5) is 0 Å². The van der Waals surface area contributed by atoms with Crippen LogP contribution >= 0.6 is 11.8 Å². The van der Waals surface area contributed by atoms with Crippen molar-refractivity contribution in [3.8, 4) is 0 Å². The molecule has 1 amide bonds. The van der Waals surface area contributed by atoms with Gasteiger partial charge in [-0.25, -0.2) is 0 Å². The Bertz CT molecular complexity index is 380. The Morgan fingerprint density at radius 1 is 1.33 bits per heavy atom. The highest BCUT2D eigenvalue weighted by Gasteiger charge is 2.63. The molecular formula is C16H30N2O2S. The van der Waals surface area contributed by atoms with Gasteiger partial charge in [-0.2, -0.15) is 11.8 Å². The van der Waals surface area contributed by atoms with Crippen molar-refractivity contribution in [1.29, 1.82) is 0 Å². The SMILES string of the molecule is CCOC1CC(N)(C(=O)NC2CCC(SC)CC2)C1(C)C. The van der Waals surface area contributed by atoms with Crippen LogP contribution in [0.25, 0.3) is 0 Å². The number of nitrogens with one attached hydrogen (secondary N) is 1. The average molecular weight is 314 g/mol.